The van der Waals surface area contributed by atoms with E-state index in [2.05, 4.69) is 10.3 Å². The first kappa shape index (κ1) is 8.23. The molecule has 0 spiro atoms. The highest BCUT2D eigenvalue weighted by Crippen LogP contribution is 2.10. The van der Waals surface area contributed by atoms with Gasteiger partial charge in [0.25, 0.3) is 0 Å². The van der Waals surface area contributed by atoms with Crippen LogP contribution in [0.3, 0.4) is 0 Å². The minimum Gasteiger partial charge on any atom is -0.368 e. The molecule has 1 aromatic rings. The Kier molecular flexibility index (Phi) is 2.00. The maximum atomic E-state index is 12.9. The van der Waals surface area contributed by atoms with Gasteiger partial charge >= 0.3 is 0 Å². The molecule has 0 saturated carbocycles. The van der Waals surface area contributed by atoms with Crippen LogP contribution in [-0.4, -0.2) is 18.9 Å². The number of halogens is 1. The number of hydrogen-bond donors (Lipinski definition) is 1. The van der Waals surface area contributed by atoms with Crippen molar-refractivity contribution in [2.24, 2.45) is 4.99 Å². The number of nitrogens with zero attached hydrogens (tertiary/aromatic N) is 1. The van der Waals surface area contributed by atoms with Crippen LogP contribution in [0.25, 0.3) is 0 Å². The molecule has 1 aliphatic rings. The molecule has 1 aromatic carbocycles. The lowest BCUT2D eigenvalue weighted by atomic mass is 10.1. The first-order valence-corrected chi connectivity index (χ1v) is 4.32. The Labute approximate surface area is 76.5 Å². The quantitative estimate of drug-likeness (QED) is 0.692. The molecular formula is C10H11FN2. The predicted octanol–water partition coefficient (Wildman–Crippen LogP) is 1.48. The van der Waals surface area contributed by atoms with Gasteiger partial charge in [0.1, 0.15) is 11.7 Å². The van der Waals surface area contributed by atoms with Gasteiger partial charge in [0, 0.05) is 12.1 Å². The van der Waals surface area contributed by atoms with Gasteiger partial charge in [-0.1, -0.05) is 0 Å². The van der Waals surface area contributed by atoms with Crippen LogP contribution in [0.2, 0.25) is 0 Å². The molecule has 0 atom stereocenters. The molecule has 0 radical (unpaired) electrons. The van der Waals surface area contributed by atoms with Gasteiger partial charge in [-0.05, 0) is 30.7 Å². The van der Waals surface area contributed by atoms with Crippen molar-refractivity contribution in [2.45, 2.75) is 6.92 Å². The van der Waals surface area contributed by atoms with Gasteiger partial charge in [-0.25, -0.2) is 4.39 Å². The molecule has 1 heterocycles. The van der Waals surface area contributed by atoms with Gasteiger partial charge < -0.3 is 5.32 Å². The number of aryl methyl sites for hydroxylation is 1. The second-order valence-electron chi connectivity index (χ2n) is 3.12. The summed E-state index contributed by atoms with van der Waals surface area (Å²) in [5.41, 5.74) is 1.63. The van der Waals surface area contributed by atoms with Gasteiger partial charge in [0.05, 0.1) is 6.54 Å². The Balaban J connectivity index is 2.36. The molecule has 0 saturated heterocycles. The van der Waals surface area contributed by atoms with Crippen LogP contribution in [0.4, 0.5) is 4.39 Å². The summed E-state index contributed by atoms with van der Waals surface area (Å²) in [6.45, 7) is 3.45. The molecule has 0 bridgehead atoms. The van der Waals surface area contributed by atoms with E-state index >= 15 is 0 Å². The Morgan fingerprint density at radius 1 is 1.46 bits per heavy atom. The van der Waals surface area contributed by atoms with Crippen molar-refractivity contribution in [3.8, 4) is 0 Å². The molecule has 68 valence electrons. The Morgan fingerprint density at radius 2 is 2.31 bits per heavy atom. The van der Waals surface area contributed by atoms with Crippen LogP contribution in [-0.2, 0) is 0 Å². The number of benzene rings is 1. The zero-order chi connectivity index (χ0) is 9.26. The van der Waals surface area contributed by atoms with Gasteiger partial charge in [-0.2, -0.15) is 0 Å². The maximum absolute atomic E-state index is 12.9. The first-order chi connectivity index (χ1) is 6.27. The smallest absolute Gasteiger partial charge is 0.128 e. The summed E-state index contributed by atoms with van der Waals surface area (Å²) in [5, 5.41) is 3.15. The van der Waals surface area contributed by atoms with Crippen LogP contribution in [0.15, 0.2) is 23.2 Å². The van der Waals surface area contributed by atoms with Gasteiger partial charge in [-0.15, -0.1) is 0 Å². The Morgan fingerprint density at radius 3 is 2.92 bits per heavy atom. The SMILES string of the molecule is Cc1cc(C2=NCCN2)ccc1F. The number of rotatable bonds is 1. The van der Waals surface area contributed by atoms with Crippen molar-refractivity contribution in [3.05, 3.63) is 35.1 Å². The standard InChI is InChI=1S/C10H11FN2/c1-7-6-8(2-3-9(7)11)10-12-4-5-13-10/h2-3,6H,4-5H2,1H3,(H,12,13). The highest BCUT2D eigenvalue weighted by molar-refractivity contribution is 5.99. The number of nitrogens with one attached hydrogen (secondary N) is 1. The zero-order valence-electron chi connectivity index (χ0n) is 7.47. The Bertz CT molecular complexity index is 358. The molecule has 0 aliphatic carbocycles. The van der Waals surface area contributed by atoms with Crippen molar-refractivity contribution < 1.29 is 4.39 Å². The van der Waals surface area contributed by atoms with Crippen LogP contribution >= 0.6 is 0 Å². The summed E-state index contributed by atoms with van der Waals surface area (Å²) in [6.07, 6.45) is 0. The third-order valence-corrected chi connectivity index (χ3v) is 2.11. The van der Waals surface area contributed by atoms with E-state index in [0.717, 1.165) is 24.5 Å². The molecule has 0 unspecified atom stereocenters. The van der Waals surface area contributed by atoms with E-state index < -0.39 is 0 Å². The summed E-state index contributed by atoms with van der Waals surface area (Å²) in [7, 11) is 0. The molecule has 3 heteroatoms. The molecule has 1 aliphatic heterocycles. The normalized spacial score (nSPS) is 15.4. The summed E-state index contributed by atoms with van der Waals surface area (Å²) < 4.78 is 12.9. The molecule has 0 fully saturated rings. The van der Waals surface area contributed by atoms with Crippen LogP contribution in [0.5, 0.6) is 0 Å². The molecule has 1 N–H and O–H groups in total. The average Bonchev–Trinajstić information content (AvgIpc) is 2.62. The van der Waals surface area contributed by atoms with Crippen LogP contribution in [0, 0.1) is 12.7 Å². The topological polar surface area (TPSA) is 24.4 Å². The summed E-state index contributed by atoms with van der Waals surface area (Å²) in [4.78, 5) is 4.26. The monoisotopic (exact) mass is 178 g/mol. The van der Waals surface area contributed by atoms with E-state index in [-0.39, 0.29) is 5.82 Å². The third kappa shape index (κ3) is 1.54. The molecule has 0 aromatic heterocycles. The lowest BCUT2D eigenvalue weighted by Crippen LogP contribution is -2.19. The minimum atomic E-state index is -0.164. The van der Waals surface area contributed by atoms with Crippen molar-refractivity contribution in [3.63, 3.8) is 0 Å². The van der Waals surface area contributed by atoms with Gasteiger partial charge in [0.2, 0.25) is 0 Å². The number of hydrogen-bond acceptors (Lipinski definition) is 2. The van der Waals surface area contributed by atoms with Crippen LogP contribution < -0.4 is 5.32 Å². The van der Waals surface area contributed by atoms with Crippen molar-refractivity contribution in [1.29, 1.82) is 0 Å². The lowest BCUT2D eigenvalue weighted by Gasteiger charge is -2.03. The molecule has 0 amide bonds. The second kappa shape index (κ2) is 3.17. The van der Waals surface area contributed by atoms with E-state index in [0.29, 0.717) is 5.56 Å². The Hall–Kier alpha value is -1.38. The summed E-state index contributed by atoms with van der Waals surface area (Å²) >= 11 is 0. The van der Waals surface area contributed by atoms with Gasteiger partial charge in [-0.3, -0.25) is 4.99 Å². The average molecular weight is 178 g/mol. The fourth-order valence-electron chi connectivity index (χ4n) is 1.38. The molecule has 13 heavy (non-hydrogen) atoms. The second-order valence-corrected chi connectivity index (χ2v) is 3.12. The summed E-state index contributed by atoms with van der Waals surface area (Å²) in [6, 6.07) is 5.04. The minimum absolute atomic E-state index is 0.164. The largest absolute Gasteiger partial charge is 0.368 e. The van der Waals surface area contributed by atoms with Crippen molar-refractivity contribution in [2.75, 3.05) is 13.1 Å². The third-order valence-electron chi connectivity index (χ3n) is 2.11. The van der Waals surface area contributed by atoms with E-state index in [1.54, 1.807) is 13.0 Å². The highest BCUT2D eigenvalue weighted by atomic mass is 19.1. The molecule has 2 nitrogen and oxygen atoms in total. The van der Waals surface area contributed by atoms with Gasteiger partial charge in [0.15, 0.2) is 0 Å². The van der Waals surface area contributed by atoms with E-state index in [1.807, 2.05) is 6.07 Å². The van der Waals surface area contributed by atoms with Crippen molar-refractivity contribution >= 4 is 5.84 Å². The fourth-order valence-corrected chi connectivity index (χ4v) is 1.38. The van der Waals surface area contributed by atoms with Crippen LogP contribution in [0.1, 0.15) is 11.1 Å². The van der Waals surface area contributed by atoms with E-state index in [4.69, 9.17) is 0 Å². The fraction of sp³-hybridized carbons (Fsp3) is 0.300. The summed E-state index contributed by atoms with van der Waals surface area (Å²) in [5.74, 6) is 0.713. The van der Waals surface area contributed by atoms with Crippen molar-refractivity contribution in [1.82, 2.24) is 5.32 Å². The predicted molar refractivity (Wildman–Crippen MR) is 50.5 cm³/mol. The maximum Gasteiger partial charge on any atom is 0.128 e. The number of aliphatic imine (C=N–C) groups is 1. The molecular weight excluding hydrogens is 167 g/mol. The lowest BCUT2D eigenvalue weighted by molar-refractivity contribution is 0.618. The first-order valence-electron chi connectivity index (χ1n) is 4.32. The zero-order valence-corrected chi connectivity index (χ0v) is 7.47. The van der Waals surface area contributed by atoms with E-state index in [1.165, 1.54) is 6.07 Å². The highest BCUT2D eigenvalue weighted by Gasteiger charge is 2.08. The number of amidine groups is 1. The molecule has 2 rings (SSSR count). The van der Waals surface area contributed by atoms with E-state index in [9.17, 15) is 4.39 Å².